The number of amides is 1. The molecule has 0 saturated carbocycles. The zero-order chi connectivity index (χ0) is 26.8. The number of hydrogen-bond donors (Lipinski definition) is 3. The van der Waals surface area contributed by atoms with E-state index in [2.05, 4.69) is 10.6 Å². The number of nitrogens with one attached hydrogen (secondary N) is 2. The summed E-state index contributed by atoms with van der Waals surface area (Å²) in [5, 5.41) is 13.9. The predicted octanol–water partition coefficient (Wildman–Crippen LogP) is 5.52. The number of carbonyl (C=O) groups is 1. The van der Waals surface area contributed by atoms with E-state index in [1.807, 2.05) is 0 Å². The van der Waals surface area contributed by atoms with E-state index in [4.69, 9.17) is 34.8 Å². The minimum atomic E-state index is -5.28. The average Bonchev–Trinajstić information content (AvgIpc) is 2.72. The van der Waals surface area contributed by atoms with Crippen molar-refractivity contribution in [3.8, 4) is 0 Å². The summed E-state index contributed by atoms with van der Waals surface area (Å²) in [4.78, 5) is 11.6. The normalized spacial score (nSPS) is 14.8. The van der Waals surface area contributed by atoms with Crippen molar-refractivity contribution in [1.29, 1.82) is 0 Å². The monoisotopic (exact) mass is 584 g/mol. The number of benzene rings is 2. The molecule has 3 N–H and O–H groups in total. The molecule has 0 saturated heterocycles. The van der Waals surface area contributed by atoms with Gasteiger partial charge in [-0.15, -0.1) is 0 Å². The standard InChI is InChI=1S/C20H17Cl3F6N2O3S/c1-35(34)8-16(32)30-7-10-2-3-12(6-13(10)19(24,25)26)31-9-18(33,20(27,28)29)11-4-14(21)17(23)15(22)5-11/h2-6,31,33H,7-9H2,1H3,(H,30,32)/t18-,35-/m1/s1. The zero-order valence-electron chi connectivity index (χ0n) is 17.6. The minimum absolute atomic E-state index is 0.239. The fourth-order valence-corrected chi connectivity index (χ4v) is 3.99. The van der Waals surface area contributed by atoms with Crippen LogP contribution in [0.3, 0.4) is 0 Å². The summed E-state index contributed by atoms with van der Waals surface area (Å²) in [7, 11) is -1.50. The Morgan fingerprint density at radius 2 is 1.60 bits per heavy atom. The molecule has 0 aliphatic rings. The van der Waals surface area contributed by atoms with Crippen LogP contribution in [-0.4, -0.2) is 40.0 Å². The Labute approximate surface area is 213 Å². The molecule has 0 unspecified atom stereocenters. The van der Waals surface area contributed by atoms with Gasteiger partial charge in [0.25, 0.3) is 0 Å². The molecule has 0 aromatic heterocycles. The summed E-state index contributed by atoms with van der Waals surface area (Å²) in [5.41, 5.74) is -6.36. The summed E-state index contributed by atoms with van der Waals surface area (Å²) in [5.74, 6) is -1.15. The number of hydrogen-bond acceptors (Lipinski definition) is 4. The largest absolute Gasteiger partial charge is 0.423 e. The van der Waals surface area contributed by atoms with Gasteiger partial charge in [-0.2, -0.15) is 26.3 Å². The summed E-state index contributed by atoms with van der Waals surface area (Å²) in [6, 6.07) is 4.05. The van der Waals surface area contributed by atoms with E-state index in [1.54, 1.807) is 0 Å². The number of alkyl halides is 6. The molecule has 0 radical (unpaired) electrons. The van der Waals surface area contributed by atoms with Crippen LogP contribution < -0.4 is 10.6 Å². The van der Waals surface area contributed by atoms with E-state index in [1.165, 1.54) is 6.26 Å². The predicted molar refractivity (Wildman–Crippen MR) is 122 cm³/mol. The lowest BCUT2D eigenvalue weighted by Gasteiger charge is -2.32. The van der Waals surface area contributed by atoms with E-state index >= 15 is 0 Å². The molecule has 0 aliphatic heterocycles. The van der Waals surface area contributed by atoms with Crippen molar-refractivity contribution < 1.29 is 40.5 Å². The van der Waals surface area contributed by atoms with Crippen LogP contribution in [0.25, 0.3) is 0 Å². The van der Waals surface area contributed by atoms with Gasteiger partial charge in [0.1, 0.15) is 5.75 Å². The van der Waals surface area contributed by atoms with Crippen LogP contribution in [0.4, 0.5) is 32.0 Å². The maximum absolute atomic E-state index is 13.8. The third-order valence-corrected chi connectivity index (χ3v) is 6.57. The maximum Gasteiger partial charge on any atom is 0.423 e. The van der Waals surface area contributed by atoms with Crippen LogP contribution in [0.2, 0.25) is 15.1 Å². The molecule has 35 heavy (non-hydrogen) atoms. The summed E-state index contributed by atoms with van der Waals surface area (Å²) >= 11 is 17.3. The van der Waals surface area contributed by atoms with Gasteiger partial charge in [-0.05, 0) is 35.4 Å². The summed E-state index contributed by atoms with van der Waals surface area (Å²) in [6.07, 6.45) is -8.95. The third kappa shape index (κ3) is 7.39. The number of carbonyl (C=O) groups excluding carboxylic acids is 1. The second kappa shape index (κ2) is 11.1. The fourth-order valence-electron chi connectivity index (χ4n) is 2.92. The van der Waals surface area contributed by atoms with Gasteiger partial charge in [-0.25, -0.2) is 0 Å². The Kier molecular flexibility index (Phi) is 9.37. The lowest BCUT2D eigenvalue weighted by molar-refractivity contribution is -0.260. The lowest BCUT2D eigenvalue weighted by Crippen LogP contribution is -2.47. The van der Waals surface area contributed by atoms with Gasteiger partial charge in [0.15, 0.2) is 0 Å². The third-order valence-electron chi connectivity index (χ3n) is 4.70. The molecular formula is C20H17Cl3F6N2O3S. The van der Waals surface area contributed by atoms with Gasteiger partial charge >= 0.3 is 12.4 Å². The van der Waals surface area contributed by atoms with E-state index in [0.29, 0.717) is 6.07 Å². The molecule has 15 heteroatoms. The van der Waals surface area contributed by atoms with Crippen molar-refractivity contribution in [3.63, 3.8) is 0 Å². The first-order chi connectivity index (χ1) is 16.0. The summed E-state index contributed by atoms with van der Waals surface area (Å²) in [6.45, 7) is -1.85. The molecular weight excluding hydrogens is 569 g/mol. The topological polar surface area (TPSA) is 78.4 Å². The van der Waals surface area contributed by atoms with Gasteiger partial charge in [0, 0.05) is 29.3 Å². The Bertz CT molecular complexity index is 1110. The molecule has 2 aromatic rings. The highest BCUT2D eigenvalue weighted by molar-refractivity contribution is 7.85. The van der Waals surface area contributed by atoms with Gasteiger partial charge < -0.3 is 15.7 Å². The molecule has 1 amide bonds. The van der Waals surface area contributed by atoms with Crippen molar-refractivity contribution >= 4 is 57.2 Å². The number of anilines is 1. The van der Waals surface area contributed by atoms with Crippen molar-refractivity contribution in [1.82, 2.24) is 5.32 Å². The first-order valence-corrected chi connectivity index (χ1v) is 12.3. The second-order valence-electron chi connectivity index (χ2n) is 7.33. The van der Waals surface area contributed by atoms with E-state index in [-0.39, 0.29) is 20.6 Å². The molecule has 2 rings (SSSR count). The SMILES string of the molecule is C[S@@](=O)CC(=O)NCc1ccc(NC[C@@](O)(c2cc(Cl)c(Cl)c(Cl)c2)C(F)(F)F)cc1C(F)(F)F. The first-order valence-electron chi connectivity index (χ1n) is 9.40. The van der Waals surface area contributed by atoms with Crippen molar-refractivity contribution in [2.45, 2.75) is 24.5 Å². The maximum atomic E-state index is 13.8. The lowest BCUT2D eigenvalue weighted by atomic mass is 9.92. The molecule has 194 valence electrons. The molecule has 0 spiro atoms. The Balaban J connectivity index is 2.35. The van der Waals surface area contributed by atoms with Gasteiger partial charge in [-0.3, -0.25) is 9.00 Å². The highest BCUT2D eigenvalue weighted by atomic mass is 35.5. The van der Waals surface area contributed by atoms with E-state index in [9.17, 15) is 40.5 Å². The molecule has 5 nitrogen and oxygen atoms in total. The van der Waals surface area contributed by atoms with Gasteiger partial charge in [0.2, 0.25) is 11.5 Å². The highest BCUT2D eigenvalue weighted by Gasteiger charge is 2.55. The molecule has 0 heterocycles. The molecule has 2 atom stereocenters. The number of rotatable bonds is 8. The molecule has 0 bridgehead atoms. The Morgan fingerprint density at radius 1 is 1.03 bits per heavy atom. The van der Waals surface area contributed by atoms with Crippen molar-refractivity contribution in [2.24, 2.45) is 0 Å². The summed E-state index contributed by atoms with van der Waals surface area (Å²) < 4.78 is 93.1. The average molecular weight is 586 g/mol. The van der Waals surface area contributed by atoms with Crippen LogP contribution in [0.15, 0.2) is 30.3 Å². The molecule has 0 fully saturated rings. The smallest absolute Gasteiger partial charge is 0.381 e. The highest BCUT2D eigenvalue weighted by Crippen LogP contribution is 2.43. The van der Waals surface area contributed by atoms with Crippen LogP contribution in [0.1, 0.15) is 16.7 Å². The molecule has 2 aromatic carbocycles. The Morgan fingerprint density at radius 3 is 2.09 bits per heavy atom. The van der Waals surface area contributed by atoms with Crippen LogP contribution >= 0.6 is 34.8 Å². The van der Waals surface area contributed by atoms with Crippen molar-refractivity contribution in [3.05, 3.63) is 62.1 Å². The van der Waals surface area contributed by atoms with Crippen molar-refractivity contribution in [2.75, 3.05) is 23.9 Å². The van der Waals surface area contributed by atoms with Crippen LogP contribution in [0.5, 0.6) is 0 Å². The Hall–Kier alpha value is -1.73. The van der Waals surface area contributed by atoms with Gasteiger partial charge in [-0.1, -0.05) is 40.9 Å². The zero-order valence-corrected chi connectivity index (χ0v) is 20.7. The molecule has 0 aliphatic carbocycles. The van der Waals surface area contributed by atoms with E-state index < -0.39 is 70.3 Å². The van der Waals surface area contributed by atoms with Crippen LogP contribution in [0, 0.1) is 0 Å². The number of aliphatic hydroxyl groups is 1. The fraction of sp³-hybridized carbons (Fsp3) is 0.350. The quantitative estimate of drug-likeness (QED) is 0.282. The first kappa shape index (κ1) is 29.5. The number of halogens is 9. The van der Waals surface area contributed by atoms with Gasteiger partial charge in [0.05, 0.1) is 27.2 Å². The van der Waals surface area contributed by atoms with Crippen LogP contribution in [-0.2, 0) is 33.9 Å². The minimum Gasteiger partial charge on any atom is -0.381 e. The second-order valence-corrected chi connectivity index (χ2v) is 9.96. The van der Waals surface area contributed by atoms with E-state index in [0.717, 1.165) is 24.3 Å².